The normalized spacial score (nSPS) is 12.3. The Morgan fingerprint density at radius 3 is 2.73 bits per heavy atom. The first-order valence-electron chi connectivity index (χ1n) is 4.76. The van der Waals surface area contributed by atoms with Gasteiger partial charge in [0.15, 0.2) is 0 Å². The Kier molecular flexibility index (Phi) is 4.91. The average Bonchev–Trinajstić information content (AvgIpc) is 2.21. The third-order valence-electron chi connectivity index (χ3n) is 1.98. The Morgan fingerprint density at radius 2 is 2.13 bits per heavy atom. The molecule has 84 valence electrons. The molecule has 0 fully saturated rings. The van der Waals surface area contributed by atoms with E-state index in [0.717, 1.165) is 15.9 Å². The lowest BCUT2D eigenvalue weighted by Crippen LogP contribution is -2.20. The molecule has 0 aliphatic carbocycles. The van der Waals surface area contributed by atoms with Gasteiger partial charge in [-0.25, -0.2) is 0 Å². The van der Waals surface area contributed by atoms with Crippen molar-refractivity contribution in [1.82, 2.24) is 0 Å². The number of rotatable bonds is 5. The van der Waals surface area contributed by atoms with Crippen molar-refractivity contribution in [3.63, 3.8) is 0 Å². The summed E-state index contributed by atoms with van der Waals surface area (Å²) in [6.45, 7) is 2.75. The third-order valence-corrected chi connectivity index (χ3v) is 2.64. The van der Waals surface area contributed by atoms with Gasteiger partial charge in [-0.3, -0.25) is 0 Å². The molecule has 1 atom stereocenters. The van der Waals surface area contributed by atoms with Crippen molar-refractivity contribution in [2.75, 3.05) is 26.1 Å². The van der Waals surface area contributed by atoms with Crippen molar-refractivity contribution in [2.45, 2.75) is 13.0 Å². The standard InChI is InChI=1S/C11H16BrNO2/c1-8(7-14-2)13-9-4-5-10(12)11(6-9)15-3/h4-6,8,13H,7H2,1-3H3. The summed E-state index contributed by atoms with van der Waals surface area (Å²) in [7, 11) is 3.35. The smallest absolute Gasteiger partial charge is 0.135 e. The minimum absolute atomic E-state index is 0.279. The highest BCUT2D eigenvalue weighted by Gasteiger charge is 2.04. The van der Waals surface area contributed by atoms with E-state index in [1.54, 1.807) is 14.2 Å². The summed E-state index contributed by atoms with van der Waals surface area (Å²) >= 11 is 3.41. The summed E-state index contributed by atoms with van der Waals surface area (Å²) in [5.74, 6) is 0.824. The second-order valence-electron chi connectivity index (χ2n) is 3.35. The zero-order valence-electron chi connectivity index (χ0n) is 9.21. The Balaban J connectivity index is 2.69. The lowest BCUT2D eigenvalue weighted by atomic mass is 10.2. The van der Waals surface area contributed by atoms with Gasteiger partial charge in [-0.2, -0.15) is 0 Å². The van der Waals surface area contributed by atoms with Gasteiger partial charge in [-0.15, -0.1) is 0 Å². The molecule has 15 heavy (non-hydrogen) atoms. The van der Waals surface area contributed by atoms with E-state index in [1.165, 1.54) is 0 Å². The van der Waals surface area contributed by atoms with Gasteiger partial charge in [0, 0.05) is 24.9 Å². The Labute approximate surface area is 98.9 Å². The van der Waals surface area contributed by atoms with E-state index in [1.807, 2.05) is 18.2 Å². The molecule has 0 aromatic heterocycles. The van der Waals surface area contributed by atoms with E-state index in [0.29, 0.717) is 6.61 Å². The minimum Gasteiger partial charge on any atom is -0.495 e. The number of anilines is 1. The Morgan fingerprint density at radius 1 is 1.40 bits per heavy atom. The van der Waals surface area contributed by atoms with Crippen LogP contribution < -0.4 is 10.1 Å². The molecule has 4 heteroatoms. The summed E-state index contributed by atoms with van der Waals surface area (Å²) in [5.41, 5.74) is 1.03. The molecule has 0 aliphatic heterocycles. The van der Waals surface area contributed by atoms with Crippen molar-refractivity contribution < 1.29 is 9.47 Å². The van der Waals surface area contributed by atoms with Crippen molar-refractivity contribution in [3.05, 3.63) is 22.7 Å². The number of hydrogen-bond donors (Lipinski definition) is 1. The zero-order chi connectivity index (χ0) is 11.3. The van der Waals surface area contributed by atoms with E-state index >= 15 is 0 Å². The molecular weight excluding hydrogens is 258 g/mol. The van der Waals surface area contributed by atoms with Gasteiger partial charge in [0.2, 0.25) is 0 Å². The molecular formula is C11H16BrNO2. The number of hydrogen-bond acceptors (Lipinski definition) is 3. The second kappa shape index (κ2) is 5.98. The van der Waals surface area contributed by atoms with Crippen LogP contribution in [0.2, 0.25) is 0 Å². The van der Waals surface area contributed by atoms with Crippen molar-refractivity contribution in [3.8, 4) is 5.75 Å². The van der Waals surface area contributed by atoms with Crippen LogP contribution in [-0.2, 0) is 4.74 Å². The third kappa shape index (κ3) is 3.72. The average molecular weight is 274 g/mol. The summed E-state index contributed by atoms with van der Waals surface area (Å²) < 4.78 is 11.2. The van der Waals surface area contributed by atoms with Gasteiger partial charge in [0.1, 0.15) is 5.75 Å². The van der Waals surface area contributed by atoms with Crippen molar-refractivity contribution in [2.24, 2.45) is 0 Å². The molecule has 0 heterocycles. The molecule has 1 unspecified atom stereocenters. The van der Waals surface area contributed by atoms with Crippen LogP contribution in [0.4, 0.5) is 5.69 Å². The van der Waals surface area contributed by atoms with Gasteiger partial charge in [0.25, 0.3) is 0 Å². The fraction of sp³-hybridized carbons (Fsp3) is 0.455. The van der Waals surface area contributed by atoms with Crippen LogP contribution in [0.5, 0.6) is 5.75 Å². The molecule has 0 aliphatic rings. The van der Waals surface area contributed by atoms with Gasteiger partial charge in [0.05, 0.1) is 18.2 Å². The maximum Gasteiger partial charge on any atom is 0.135 e. The number of benzene rings is 1. The number of ether oxygens (including phenoxy) is 2. The molecule has 0 bridgehead atoms. The first-order valence-corrected chi connectivity index (χ1v) is 5.55. The van der Waals surface area contributed by atoms with E-state index in [4.69, 9.17) is 9.47 Å². The molecule has 0 saturated carbocycles. The van der Waals surface area contributed by atoms with Crippen molar-refractivity contribution in [1.29, 1.82) is 0 Å². The maximum atomic E-state index is 5.21. The predicted octanol–water partition coefficient (Wildman–Crippen LogP) is 2.90. The molecule has 1 rings (SSSR count). The first-order chi connectivity index (χ1) is 7.17. The molecule has 0 saturated heterocycles. The number of methoxy groups -OCH3 is 2. The highest BCUT2D eigenvalue weighted by molar-refractivity contribution is 9.10. The molecule has 3 nitrogen and oxygen atoms in total. The summed E-state index contributed by atoms with van der Waals surface area (Å²) in [6, 6.07) is 6.19. The fourth-order valence-electron chi connectivity index (χ4n) is 1.33. The van der Waals surface area contributed by atoms with Gasteiger partial charge >= 0.3 is 0 Å². The lowest BCUT2D eigenvalue weighted by molar-refractivity contribution is 0.190. The highest BCUT2D eigenvalue weighted by atomic mass is 79.9. The van der Waals surface area contributed by atoms with Gasteiger partial charge in [-0.05, 0) is 35.0 Å². The van der Waals surface area contributed by atoms with Crippen molar-refractivity contribution >= 4 is 21.6 Å². The minimum atomic E-state index is 0.279. The largest absolute Gasteiger partial charge is 0.495 e. The first kappa shape index (κ1) is 12.3. The maximum absolute atomic E-state index is 5.21. The number of nitrogens with one attached hydrogen (secondary N) is 1. The summed E-state index contributed by atoms with van der Waals surface area (Å²) in [4.78, 5) is 0. The van der Waals surface area contributed by atoms with E-state index < -0.39 is 0 Å². The monoisotopic (exact) mass is 273 g/mol. The van der Waals surface area contributed by atoms with Gasteiger partial charge in [-0.1, -0.05) is 0 Å². The molecule has 1 aromatic carbocycles. The molecule has 0 spiro atoms. The summed E-state index contributed by atoms with van der Waals surface area (Å²) in [5, 5.41) is 3.32. The van der Waals surface area contributed by atoms with Crippen LogP contribution in [-0.4, -0.2) is 26.9 Å². The quantitative estimate of drug-likeness (QED) is 0.895. The van der Waals surface area contributed by atoms with Crippen LogP contribution in [0.25, 0.3) is 0 Å². The molecule has 1 aromatic rings. The van der Waals surface area contributed by atoms with E-state index in [-0.39, 0.29) is 6.04 Å². The SMILES string of the molecule is COCC(C)Nc1ccc(Br)c(OC)c1. The van der Waals surface area contributed by atoms with Gasteiger partial charge < -0.3 is 14.8 Å². The molecule has 1 N–H and O–H groups in total. The van der Waals surface area contributed by atoms with Crippen LogP contribution in [0.15, 0.2) is 22.7 Å². The van der Waals surface area contributed by atoms with Crippen LogP contribution in [0.3, 0.4) is 0 Å². The Hall–Kier alpha value is -0.740. The Bertz CT molecular complexity index is 317. The van der Waals surface area contributed by atoms with E-state index in [2.05, 4.69) is 28.2 Å². The second-order valence-corrected chi connectivity index (χ2v) is 4.20. The zero-order valence-corrected chi connectivity index (χ0v) is 10.8. The summed E-state index contributed by atoms with van der Waals surface area (Å²) in [6.07, 6.45) is 0. The molecule has 0 amide bonds. The van der Waals surface area contributed by atoms with Crippen LogP contribution in [0, 0.1) is 0 Å². The lowest BCUT2D eigenvalue weighted by Gasteiger charge is -2.15. The highest BCUT2D eigenvalue weighted by Crippen LogP contribution is 2.27. The topological polar surface area (TPSA) is 30.5 Å². The predicted molar refractivity (Wildman–Crippen MR) is 65.7 cm³/mol. The number of halogens is 1. The fourth-order valence-corrected chi connectivity index (χ4v) is 1.73. The van der Waals surface area contributed by atoms with Crippen LogP contribution >= 0.6 is 15.9 Å². The molecule has 0 radical (unpaired) electrons. The van der Waals surface area contributed by atoms with E-state index in [9.17, 15) is 0 Å². The van der Waals surface area contributed by atoms with Crippen LogP contribution in [0.1, 0.15) is 6.92 Å².